The predicted octanol–water partition coefficient (Wildman–Crippen LogP) is 4.14. The summed E-state index contributed by atoms with van der Waals surface area (Å²) in [6, 6.07) is 14.3. The number of hydrogen-bond donors (Lipinski definition) is 0. The van der Waals surface area contributed by atoms with Gasteiger partial charge in [0, 0.05) is 11.5 Å². The van der Waals surface area contributed by atoms with Crippen molar-refractivity contribution in [2.75, 3.05) is 19.6 Å². The van der Waals surface area contributed by atoms with Crippen LogP contribution in [0.3, 0.4) is 0 Å². The molecule has 0 radical (unpaired) electrons. The highest BCUT2D eigenvalue weighted by molar-refractivity contribution is 6.09. The van der Waals surface area contributed by atoms with Crippen molar-refractivity contribution in [1.82, 2.24) is 4.90 Å². The quantitative estimate of drug-likeness (QED) is 0.785. The van der Waals surface area contributed by atoms with E-state index in [2.05, 4.69) is 30.0 Å². The van der Waals surface area contributed by atoms with Gasteiger partial charge in [0.05, 0.1) is 0 Å². The molecule has 2 aromatic rings. The third-order valence-corrected chi connectivity index (χ3v) is 4.55. The van der Waals surface area contributed by atoms with Crippen LogP contribution in [0.5, 0.6) is 0 Å². The molecule has 1 heterocycles. The smallest absolute Gasteiger partial charge is 0.166 e. The monoisotopic (exact) mass is 281 g/mol. The average Bonchev–Trinajstić information content (AvgIpc) is 2.55. The molecule has 0 N–H and O–H groups in total. The lowest BCUT2D eigenvalue weighted by atomic mass is 9.87. The molecule has 1 saturated heterocycles. The molecule has 0 saturated carbocycles. The van der Waals surface area contributed by atoms with Crippen LogP contribution in [-0.4, -0.2) is 30.3 Å². The number of likely N-dealkylation sites (tertiary alicyclic amines) is 1. The molecule has 0 amide bonds. The van der Waals surface area contributed by atoms with Gasteiger partial charge >= 0.3 is 0 Å². The Hall–Kier alpha value is -1.67. The van der Waals surface area contributed by atoms with Crippen LogP contribution in [0.15, 0.2) is 42.5 Å². The Morgan fingerprint density at radius 2 is 1.81 bits per heavy atom. The first-order valence-electron chi connectivity index (χ1n) is 8.04. The molecule has 0 aromatic heterocycles. The Kier molecular flexibility index (Phi) is 4.35. The zero-order chi connectivity index (χ0) is 14.7. The van der Waals surface area contributed by atoms with Gasteiger partial charge in [0.1, 0.15) is 0 Å². The van der Waals surface area contributed by atoms with E-state index in [1.165, 1.54) is 6.42 Å². The molecule has 0 spiro atoms. The molecule has 0 atom stereocenters. The molecule has 2 aromatic carbocycles. The lowest BCUT2D eigenvalue weighted by Crippen LogP contribution is -2.36. The first-order chi connectivity index (χ1) is 10.3. The summed E-state index contributed by atoms with van der Waals surface area (Å²) in [7, 11) is 0. The third kappa shape index (κ3) is 3.01. The van der Waals surface area contributed by atoms with Crippen LogP contribution in [0.25, 0.3) is 10.8 Å². The highest BCUT2D eigenvalue weighted by Crippen LogP contribution is 2.26. The highest BCUT2D eigenvalue weighted by atomic mass is 16.1. The third-order valence-electron chi connectivity index (χ3n) is 4.55. The molecule has 0 unspecified atom stereocenters. The van der Waals surface area contributed by atoms with Crippen LogP contribution in [0.4, 0.5) is 0 Å². The number of Topliss-reactive ketones (excluding diaryl/α,β-unsaturated/α-hetero) is 1. The van der Waals surface area contributed by atoms with Crippen LogP contribution in [0.1, 0.15) is 36.5 Å². The minimum absolute atomic E-state index is 0.198. The molecule has 110 valence electrons. The van der Waals surface area contributed by atoms with E-state index in [1.807, 2.05) is 24.3 Å². The number of carbonyl (C=O) groups excluding carboxylic acids is 1. The largest absolute Gasteiger partial charge is 0.303 e. The fourth-order valence-corrected chi connectivity index (χ4v) is 3.40. The number of nitrogens with zero attached hydrogens (tertiary/aromatic N) is 1. The average molecular weight is 281 g/mol. The van der Waals surface area contributed by atoms with Crippen molar-refractivity contribution in [2.45, 2.75) is 26.2 Å². The van der Waals surface area contributed by atoms with E-state index in [4.69, 9.17) is 0 Å². The summed E-state index contributed by atoms with van der Waals surface area (Å²) in [6.45, 7) is 5.51. The van der Waals surface area contributed by atoms with E-state index in [0.717, 1.165) is 48.8 Å². The lowest BCUT2D eigenvalue weighted by molar-refractivity contribution is 0.0842. The van der Waals surface area contributed by atoms with Crippen LogP contribution in [0, 0.1) is 5.92 Å². The minimum atomic E-state index is 0.198. The SMILES string of the molecule is CCCN1CCC(C(=O)c2cccc3ccccc23)CC1. The van der Waals surface area contributed by atoms with Gasteiger partial charge in [-0.05, 0) is 49.7 Å². The van der Waals surface area contributed by atoms with Gasteiger partial charge < -0.3 is 4.90 Å². The summed E-state index contributed by atoms with van der Waals surface area (Å²) >= 11 is 0. The molecule has 21 heavy (non-hydrogen) atoms. The molecule has 0 aliphatic carbocycles. The first kappa shape index (κ1) is 14.3. The summed E-state index contributed by atoms with van der Waals surface area (Å²) in [5.41, 5.74) is 0.905. The fourth-order valence-electron chi connectivity index (χ4n) is 3.40. The first-order valence-corrected chi connectivity index (χ1v) is 8.04. The number of carbonyl (C=O) groups is 1. The summed E-state index contributed by atoms with van der Waals surface area (Å²) in [5, 5.41) is 2.26. The fraction of sp³-hybridized carbons (Fsp3) is 0.421. The van der Waals surface area contributed by atoms with Gasteiger partial charge in [-0.15, -0.1) is 0 Å². The zero-order valence-corrected chi connectivity index (χ0v) is 12.7. The zero-order valence-electron chi connectivity index (χ0n) is 12.7. The van der Waals surface area contributed by atoms with Gasteiger partial charge in [0.25, 0.3) is 0 Å². The second-order valence-electron chi connectivity index (χ2n) is 6.01. The van der Waals surface area contributed by atoms with Gasteiger partial charge in [-0.1, -0.05) is 49.4 Å². The Morgan fingerprint density at radius 1 is 1.10 bits per heavy atom. The van der Waals surface area contributed by atoms with Crippen LogP contribution in [-0.2, 0) is 0 Å². The molecular formula is C19H23NO. The molecular weight excluding hydrogens is 258 g/mol. The van der Waals surface area contributed by atoms with E-state index in [9.17, 15) is 4.79 Å². The Bertz CT molecular complexity index is 621. The second-order valence-corrected chi connectivity index (χ2v) is 6.01. The van der Waals surface area contributed by atoms with E-state index in [-0.39, 0.29) is 5.92 Å². The standard InChI is InChI=1S/C19H23NO/c1-2-12-20-13-10-16(11-14-20)19(21)18-9-5-7-15-6-3-4-8-17(15)18/h3-9,16H,2,10-14H2,1H3. The topological polar surface area (TPSA) is 20.3 Å². The number of piperidine rings is 1. The molecule has 2 nitrogen and oxygen atoms in total. The Morgan fingerprint density at radius 3 is 2.57 bits per heavy atom. The van der Waals surface area contributed by atoms with Crippen molar-refractivity contribution in [1.29, 1.82) is 0 Å². The predicted molar refractivity (Wildman–Crippen MR) is 87.7 cm³/mol. The van der Waals surface area contributed by atoms with Crippen molar-refractivity contribution in [3.8, 4) is 0 Å². The van der Waals surface area contributed by atoms with Crippen molar-refractivity contribution < 1.29 is 4.79 Å². The van der Waals surface area contributed by atoms with Crippen LogP contribution in [0.2, 0.25) is 0 Å². The van der Waals surface area contributed by atoms with Gasteiger partial charge in [0.2, 0.25) is 0 Å². The normalized spacial score (nSPS) is 17.2. The number of ketones is 1. The van der Waals surface area contributed by atoms with Gasteiger partial charge in [-0.25, -0.2) is 0 Å². The van der Waals surface area contributed by atoms with Crippen molar-refractivity contribution in [2.24, 2.45) is 5.92 Å². The van der Waals surface area contributed by atoms with Crippen molar-refractivity contribution in [3.05, 3.63) is 48.0 Å². The van der Waals surface area contributed by atoms with Crippen molar-refractivity contribution >= 4 is 16.6 Å². The number of fused-ring (bicyclic) bond motifs is 1. The second kappa shape index (κ2) is 6.40. The molecule has 1 aliphatic heterocycles. The van der Waals surface area contributed by atoms with E-state index < -0.39 is 0 Å². The number of benzene rings is 2. The Labute approximate surface area is 126 Å². The maximum Gasteiger partial charge on any atom is 0.166 e. The summed E-state index contributed by atoms with van der Waals surface area (Å²) < 4.78 is 0. The number of rotatable bonds is 4. The molecule has 0 bridgehead atoms. The molecule has 3 rings (SSSR count). The van der Waals surface area contributed by atoms with E-state index >= 15 is 0 Å². The Balaban J connectivity index is 1.79. The van der Waals surface area contributed by atoms with Gasteiger partial charge in [0.15, 0.2) is 5.78 Å². The van der Waals surface area contributed by atoms with Crippen molar-refractivity contribution in [3.63, 3.8) is 0 Å². The molecule has 1 fully saturated rings. The van der Waals surface area contributed by atoms with Crippen LogP contribution < -0.4 is 0 Å². The van der Waals surface area contributed by atoms with Crippen LogP contribution >= 0.6 is 0 Å². The lowest BCUT2D eigenvalue weighted by Gasteiger charge is -2.31. The molecule has 2 heteroatoms. The minimum Gasteiger partial charge on any atom is -0.303 e. The molecule has 1 aliphatic rings. The van der Waals surface area contributed by atoms with Gasteiger partial charge in [-0.3, -0.25) is 4.79 Å². The highest BCUT2D eigenvalue weighted by Gasteiger charge is 2.26. The number of hydrogen-bond acceptors (Lipinski definition) is 2. The summed E-state index contributed by atoms with van der Waals surface area (Å²) in [4.78, 5) is 15.3. The summed E-state index contributed by atoms with van der Waals surface area (Å²) in [6.07, 6.45) is 3.20. The summed E-state index contributed by atoms with van der Waals surface area (Å²) in [5.74, 6) is 0.534. The maximum absolute atomic E-state index is 12.9. The van der Waals surface area contributed by atoms with Gasteiger partial charge in [-0.2, -0.15) is 0 Å². The van der Waals surface area contributed by atoms with E-state index in [1.54, 1.807) is 0 Å². The maximum atomic E-state index is 12.9. The van der Waals surface area contributed by atoms with E-state index in [0.29, 0.717) is 5.78 Å².